The maximum atomic E-state index is 6.38. The van der Waals surface area contributed by atoms with Crippen molar-refractivity contribution in [3.05, 3.63) is 102 Å². The maximum Gasteiger partial charge on any atom is 0.226 e. The van der Waals surface area contributed by atoms with Gasteiger partial charge in [0, 0.05) is 11.1 Å². The molecule has 0 spiro atoms. The summed E-state index contributed by atoms with van der Waals surface area (Å²) in [5.74, 6) is 1.15. The van der Waals surface area contributed by atoms with Crippen molar-refractivity contribution in [1.29, 1.82) is 0 Å². The highest BCUT2D eigenvalue weighted by molar-refractivity contribution is 6.28. The third-order valence-electron chi connectivity index (χ3n) is 5.67. The second-order valence-corrected chi connectivity index (χ2v) is 7.80. The smallest absolute Gasteiger partial charge is 0.208 e. The van der Waals surface area contributed by atoms with Crippen molar-refractivity contribution in [2.24, 2.45) is 0 Å². The van der Waals surface area contributed by atoms with Crippen LogP contribution < -0.4 is 0 Å². The SMILES string of the molecule is Clc1nc(-c2cccc3ccccc23)nc(-c2cccc3c2ccc2ccccc23)n1. The van der Waals surface area contributed by atoms with Gasteiger partial charge in [-0.15, -0.1) is 0 Å². The first-order valence-corrected chi connectivity index (χ1v) is 10.5. The Morgan fingerprint density at radius 2 is 0.968 bits per heavy atom. The molecule has 0 atom stereocenters. The molecule has 146 valence electrons. The van der Waals surface area contributed by atoms with Gasteiger partial charge in [0.2, 0.25) is 5.28 Å². The Kier molecular flexibility index (Phi) is 4.15. The van der Waals surface area contributed by atoms with Gasteiger partial charge in [-0.05, 0) is 43.9 Å². The highest BCUT2D eigenvalue weighted by Gasteiger charge is 2.14. The van der Waals surface area contributed by atoms with Gasteiger partial charge in [-0.3, -0.25) is 0 Å². The van der Waals surface area contributed by atoms with E-state index in [9.17, 15) is 0 Å². The molecule has 0 radical (unpaired) electrons. The molecule has 0 bridgehead atoms. The number of rotatable bonds is 2. The van der Waals surface area contributed by atoms with Crippen LogP contribution in [0.1, 0.15) is 0 Å². The summed E-state index contributed by atoms with van der Waals surface area (Å²) in [7, 11) is 0. The van der Waals surface area contributed by atoms with E-state index in [1.807, 2.05) is 36.4 Å². The number of hydrogen-bond donors (Lipinski definition) is 0. The van der Waals surface area contributed by atoms with Crippen molar-refractivity contribution in [1.82, 2.24) is 15.0 Å². The normalized spacial score (nSPS) is 11.4. The summed E-state index contributed by atoms with van der Waals surface area (Å²) < 4.78 is 0. The summed E-state index contributed by atoms with van der Waals surface area (Å²) in [4.78, 5) is 13.8. The molecule has 0 aliphatic rings. The first-order chi connectivity index (χ1) is 15.3. The molecule has 5 aromatic carbocycles. The van der Waals surface area contributed by atoms with Gasteiger partial charge in [0.1, 0.15) is 0 Å². The van der Waals surface area contributed by atoms with E-state index in [4.69, 9.17) is 16.6 Å². The van der Waals surface area contributed by atoms with E-state index in [0.29, 0.717) is 11.6 Å². The van der Waals surface area contributed by atoms with E-state index >= 15 is 0 Å². The number of nitrogens with zero attached hydrogens (tertiary/aromatic N) is 3. The van der Waals surface area contributed by atoms with Gasteiger partial charge >= 0.3 is 0 Å². The van der Waals surface area contributed by atoms with Crippen LogP contribution in [0.2, 0.25) is 5.28 Å². The Labute approximate surface area is 184 Å². The topological polar surface area (TPSA) is 38.7 Å². The van der Waals surface area contributed by atoms with Crippen molar-refractivity contribution in [2.75, 3.05) is 0 Å². The third kappa shape index (κ3) is 3.02. The molecule has 0 fully saturated rings. The van der Waals surface area contributed by atoms with Crippen LogP contribution in [0.5, 0.6) is 0 Å². The molecular weight excluding hydrogens is 402 g/mol. The summed E-state index contributed by atoms with van der Waals surface area (Å²) in [6.07, 6.45) is 0. The summed E-state index contributed by atoms with van der Waals surface area (Å²) >= 11 is 6.38. The minimum atomic E-state index is 0.186. The number of hydrogen-bond acceptors (Lipinski definition) is 3. The molecule has 31 heavy (non-hydrogen) atoms. The highest BCUT2D eigenvalue weighted by Crippen LogP contribution is 2.33. The van der Waals surface area contributed by atoms with E-state index < -0.39 is 0 Å². The fraction of sp³-hybridized carbons (Fsp3) is 0. The summed E-state index contributed by atoms with van der Waals surface area (Å²) in [5, 5.41) is 7.07. The van der Waals surface area contributed by atoms with Crippen LogP contribution >= 0.6 is 11.6 Å². The lowest BCUT2D eigenvalue weighted by molar-refractivity contribution is 1.07. The van der Waals surface area contributed by atoms with E-state index in [1.165, 1.54) is 16.2 Å². The molecule has 0 unspecified atom stereocenters. The molecular formula is C27H16ClN3. The van der Waals surface area contributed by atoms with Crippen LogP contribution in [0.3, 0.4) is 0 Å². The average Bonchev–Trinajstić information content (AvgIpc) is 2.83. The lowest BCUT2D eigenvalue weighted by Crippen LogP contribution is -1.98. The van der Waals surface area contributed by atoms with Crippen molar-refractivity contribution in [3.63, 3.8) is 0 Å². The minimum absolute atomic E-state index is 0.186. The van der Waals surface area contributed by atoms with Gasteiger partial charge < -0.3 is 0 Å². The lowest BCUT2D eigenvalue weighted by atomic mass is 9.98. The van der Waals surface area contributed by atoms with Gasteiger partial charge in [-0.25, -0.2) is 4.98 Å². The maximum absolute atomic E-state index is 6.38. The summed E-state index contributed by atoms with van der Waals surface area (Å²) in [6, 6.07) is 33.2. The van der Waals surface area contributed by atoms with Crippen molar-refractivity contribution >= 4 is 43.9 Å². The molecule has 0 aliphatic carbocycles. The number of halogens is 1. The molecule has 0 N–H and O–H groups in total. The molecule has 0 aliphatic heterocycles. The Morgan fingerprint density at radius 1 is 0.419 bits per heavy atom. The Morgan fingerprint density at radius 3 is 1.74 bits per heavy atom. The highest BCUT2D eigenvalue weighted by atomic mass is 35.5. The quantitative estimate of drug-likeness (QED) is 0.277. The number of fused-ring (bicyclic) bond motifs is 4. The number of benzene rings is 5. The van der Waals surface area contributed by atoms with E-state index in [2.05, 4.69) is 70.6 Å². The second-order valence-electron chi connectivity index (χ2n) is 7.47. The minimum Gasteiger partial charge on any atom is -0.208 e. The molecule has 0 amide bonds. The zero-order valence-electron chi connectivity index (χ0n) is 16.5. The summed E-state index contributed by atoms with van der Waals surface area (Å²) in [6.45, 7) is 0. The van der Waals surface area contributed by atoms with Gasteiger partial charge in [-0.2, -0.15) is 9.97 Å². The number of aromatic nitrogens is 3. The largest absolute Gasteiger partial charge is 0.226 e. The van der Waals surface area contributed by atoms with Gasteiger partial charge in [-0.1, -0.05) is 97.1 Å². The molecule has 4 heteroatoms. The Bertz CT molecular complexity index is 1600. The first-order valence-electron chi connectivity index (χ1n) is 10.1. The van der Waals surface area contributed by atoms with Crippen molar-refractivity contribution < 1.29 is 0 Å². The fourth-order valence-electron chi connectivity index (χ4n) is 4.25. The van der Waals surface area contributed by atoms with Crippen LogP contribution in [0, 0.1) is 0 Å². The Balaban J connectivity index is 1.61. The molecule has 3 nitrogen and oxygen atoms in total. The van der Waals surface area contributed by atoms with E-state index in [0.717, 1.165) is 27.3 Å². The zero-order valence-corrected chi connectivity index (χ0v) is 17.2. The molecule has 1 aromatic heterocycles. The second kappa shape index (κ2) is 7.15. The average molecular weight is 418 g/mol. The zero-order chi connectivity index (χ0) is 20.8. The Hall–Kier alpha value is -3.82. The monoisotopic (exact) mass is 417 g/mol. The fourth-order valence-corrected chi connectivity index (χ4v) is 4.41. The lowest BCUT2D eigenvalue weighted by Gasteiger charge is -2.10. The third-order valence-corrected chi connectivity index (χ3v) is 5.84. The van der Waals surface area contributed by atoms with Crippen LogP contribution in [-0.2, 0) is 0 Å². The molecule has 0 saturated heterocycles. The van der Waals surface area contributed by atoms with E-state index in [1.54, 1.807) is 0 Å². The molecule has 6 rings (SSSR count). The van der Waals surface area contributed by atoms with Gasteiger partial charge in [0.15, 0.2) is 11.6 Å². The predicted molar refractivity (Wildman–Crippen MR) is 128 cm³/mol. The standard InChI is InChI=1S/C27H16ClN3/c28-27-30-25(23-13-5-9-17-7-1-4-11-20(17)23)29-26(31-27)24-14-6-12-21-19-10-3-2-8-18(19)15-16-22(21)24/h1-16H. The molecule has 0 saturated carbocycles. The van der Waals surface area contributed by atoms with Crippen molar-refractivity contribution in [2.45, 2.75) is 0 Å². The van der Waals surface area contributed by atoms with Crippen molar-refractivity contribution in [3.8, 4) is 22.8 Å². The predicted octanol–water partition coefficient (Wildman–Crippen LogP) is 7.32. The molecule has 6 aromatic rings. The first kappa shape index (κ1) is 18.0. The van der Waals surface area contributed by atoms with Crippen LogP contribution in [0.25, 0.3) is 55.1 Å². The van der Waals surface area contributed by atoms with Crippen LogP contribution in [0.15, 0.2) is 97.1 Å². The molecule has 1 heterocycles. The van der Waals surface area contributed by atoms with E-state index in [-0.39, 0.29) is 5.28 Å². The van der Waals surface area contributed by atoms with Gasteiger partial charge in [0.25, 0.3) is 0 Å². The van der Waals surface area contributed by atoms with Gasteiger partial charge in [0.05, 0.1) is 0 Å². The van der Waals surface area contributed by atoms with Crippen LogP contribution in [0.4, 0.5) is 0 Å². The summed E-state index contributed by atoms with van der Waals surface area (Å²) in [5.41, 5.74) is 1.88. The van der Waals surface area contributed by atoms with Crippen LogP contribution in [-0.4, -0.2) is 15.0 Å².